The minimum Gasteiger partial charge on any atom is -0.469 e. The van der Waals surface area contributed by atoms with E-state index in [0.29, 0.717) is 23.7 Å². The zero-order valence-corrected chi connectivity index (χ0v) is 13.2. The summed E-state index contributed by atoms with van der Waals surface area (Å²) in [6, 6.07) is 5.34. The number of carbonyl (C=O) groups excluding carboxylic acids is 2. The lowest BCUT2D eigenvalue weighted by Crippen LogP contribution is -2.24. The lowest BCUT2D eigenvalue weighted by Gasteiger charge is -2.05. The number of nitrogen functional groups attached to an aromatic ring is 1. The Morgan fingerprint density at radius 3 is 2.91 bits per heavy atom. The molecule has 1 heterocycles. The van der Waals surface area contributed by atoms with Crippen LogP contribution in [0.2, 0.25) is 0 Å². The second-order valence-electron chi connectivity index (χ2n) is 4.88. The second kappa shape index (κ2) is 7.74. The number of nitrogens with one attached hydrogen (secondary N) is 1. The summed E-state index contributed by atoms with van der Waals surface area (Å²) in [5.74, 6) is -0.303. The van der Waals surface area contributed by atoms with Crippen LogP contribution in [0.4, 0.5) is 5.13 Å². The van der Waals surface area contributed by atoms with Gasteiger partial charge in [0, 0.05) is 18.5 Å². The number of amides is 1. The minimum absolute atomic E-state index is 0.109. The van der Waals surface area contributed by atoms with Crippen molar-refractivity contribution in [3.05, 3.63) is 23.8 Å². The van der Waals surface area contributed by atoms with Gasteiger partial charge in [-0.05, 0) is 31.0 Å². The van der Waals surface area contributed by atoms with E-state index >= 15 is 0 Å². The van der Waals surface area contributed by atoms with Crippen LogP contribution in [0.5, 0.6) is 0 Å². The summed E-state index contributed by atoms with van der Waals surface area (Å²) in [6.07, 6.45) is 2.90. The number of hydrogen-bond donors (Lipinski definition) is 2. The van der Waals surface area contributed by atoms with Gasteiger partial charge in [-0.2, -0.15) is 0 Å². The summed E-state index contributed by atoms with van der Waals surface area (Å²) in [6.45, 7) is 0.586. The average Bonchev–Trinajstić information content (AvgIpc) is 2.89. The molecule has 0 aliphatic carbocycles. The van der Waals surface area contributed by atoms with Crippen LogP contribution < -0.4 is 11.1 Å². The standard InChI is InChI=1S/C15H19N3O3S/c1-21-13(19)5-3-2-4-8-17-14(20)10-6-7-11-12(9-10)22-15(16)18-11/h6-7,9H,2-5,8H2,1H3,(H2,16,18)(H,17,20). The number of anilines is 1. The molecule has 22 heavy (non-hydrogen) atoms. The Morgan fingerprint density at radius 1 is 1.32 bits per heavy atom. The van der Waals surface area contributed by atoms with Crippen LogP contribution >= 0.6 is 11.3 Å². The SMILES string of the molecule is COC(=O)CCCCCNC(=O)c1ccc2nc(N)sc2c1. The van der Waals surface area contributed by atoms with Crippen molar-refractivity contribution in [1.82, 2.24) is 10.3 Å². The van der Waals surface area contributed by atoms with E-state index in [0.717, 1.165) is 29.5 Å². The first kappa shape index (κ1) is 16.2. The van der Waals surface area contributed by atoms with Crippen LogP contribution in [0.1, 0.15) is 36.0 Å². The predicted octanol–water partition coefficient (Wildman–Crippen LogP) is 2.34. The third-order valence-corrected chi connectivity index (χ3v) is 4.09. The van der Waals surface area contributed by atoms with E-state index in [4.69, 9.17) is 5.73 Å². The molecule has 0 unspecified atom stereocenters. The minimum atomic E-state index is -0.193. The van der Waals surface area contributed by atoms with Crippen molar-refractivity contribution in [3.8, 4) is 0 Å². The molecule has 2 rings (SSSR count). The Bertz CT molecular complexity index is 669. The molecular weight excluding hydrogens is 302 g/mol. The lowest BCUT2D eigenvalue weighted by molar-refractivity contribution is -0.140. The van der Waals surface area contributed by atoms with Gasteiger partial charge in [0.05, 0.1) is 17.3 Å². The summed E-state index contributed by atoms with van der Waals surface area (Å²) >= 11 is 1.37. The molecule has 1 aromatic carbocycles. The maximum Gasteiger partial charge on any atom is 0.305 e. The Kier molecular flexibility index (Phi) is 5.71. The van der Waals surface area contributed by atoms with E-state index in [1.807, 2.05) is 0 Å². The highest BCUT2D eigenvalue weighted by Crippen LogP contribution is 2.24. The van der Waals surface area contributed by atoms with Gasteiger partial charge in [-0.15, -0.1) is 0 Å². The van der Waals surface area contributed by atoms with Crippen LogP contribution in [0.3, 0.4) is 0 Å². The van der Waals surface area contributed by atoms with E-state index in [1.165, 1.54) is 18.4 Å². The van der Waals surface area contributed by atoms with Gasteiger partial charge in [-0.3, -0.25) is 9.59 Å². The highest BCUT2D eigenvalue weighted by Gasteiger charge is 2.08. The van der Waals surface area contributed by atoms with Crippen LogP contribution in [0.15, 0.2) is 18.2 Å². The predicted molar refractivity (Wildman–Crippen MR) is 86.8 cm³/mol. The van der Waals surface area contributed by atoms with E-state index in [1.54, 1.807) is 18.2 Å². The monoisotopic (exact) mass is 321 g/mol. The number of benzene rings is 1. The van der Waals surface area contributed by atoms with E-state index in [-0.39, 0.29) is 11.9 Å². The third-order valence-electron chi connectivity index (χ3n) is 3.24. The number of fused-ring (bicyclic) bond motifs is 1. The van der Waals surface area contributed by atoms with Crippen LogP contribution in [-0.2, 0) is 9.53 Å². The Morgan fingerprint density at radius 2 is 2.14 bits per heavy atom. The molecule has 0 saturated heterocycles. The Labute approximate surface area is 132 Å². The Hall–Kier alpha value is -2.15. The molecule has 7 heteroatoms. The van der Waals surface area contributed by atoms with Gasteiger partial charge >= 0.3 is 5.97 Å². The van der Waals surface area contributed by atoms with Crippen molar-refractivity contribution in [3.63, 3.8) is 0 Å². The van der Waals surface area contributed by atoms with Crippen molar-refractivity contribution in [1.29, 1.82) is 0 Å². The topological polar surface area (TPSA) is 94.3 Å². The van der Waals surface area contributed by atoms with Crippen molar-refractivity contribution in [2.45, 2.75) is 25.7 Å². The maximum absolute atomic E-state index is 12.1. The lowest BCUT2D eigenvalue weighted by atomic mass is 10.1. The first-order chi connectivity index (χ1) is 10.6. The number of carbonyl (C=O) groups is 2. The molecule has 0 fully saturated rings. The van der Waals surface area contributed by atoms with Crippen LogP contribution in [0, 0.1) is 0 Å². The molecule has 0 aliphatic rings. The van der Waals surface area contributed by atoms with E-state index < -0.39 is 0 Å². The van der Waals surface area contributed by atoms with Gasteiger partial charge < -0.3 is 15.8 Å². The van der Waals surface area contributed by atoms with Gasteiger partial charge in [0.1, 0.15) is 0 Å². The highest BCUT2D eigenvalue weighted by atomic mass is 32.1. The van der Waals surface area contributed by atoms with Gasteiger partial charge in [0.25, 0.3) is 5.91 Å². The molecule has 0 bridgehead atoms. The normalized spacial score (nSPS) is 10.6. The first-order valence-corrected chi connectivity index (χ1v) is 7.93. The average molecular weight is 321 g/mol. The molecular formula is C15H19N3O3S. The number of methoxy groups -OCH3 is 1. The second-order valence-corrected chi connectivity index (χ2v) is 5.94. The number of nitrogens with zero attached hydrogens (tertiary/aromatic N) is 1. The molecule has 1 aromatic heterocycles. The molecule has 3 N–H and O–H groups in total. The van der Waals surface area contributed by atoms with Gasteiger partial charge in [0.2, 0.25) is 0 Å². The number of unbranched alkanes of at least 4 members (excludes halogenated alkanes) is 2. The summed E-state index contributed by atoms with van der Waals surface area (Å²) in [5.41, 5.74) is 7.06. The number of ether oxygens (including phenoxy) is 1. The van der Waals surface area contributed by atoms with Gasteiger partial charge in [-0.1, -0.05) is 17.8 Å². The van der Waals surface area contributed by atoms with Gasteiger partial charge in [-0.25, -0.2) is 4.98 Å². The fourth-order valence-corrected chi connectivity index (χ4v) is 2.83. The Balaban J connectivity index is 1.75. The van der Waals surface area contributed by atoms with Crippen LogP contribution in [0.25, 0.3) is 10.2 Å². The van der Waals surface area contributed by atoms with Crippen molar-refractivity contribution in [2.24, 2.45) is 0 Å². The number of aromatic nitrogens is 1. The summed E-state index contributed by atoms with van der Waals surface area (Å²) < 4.78 is 5.47. The molecule has 0 aliphatic heterocycles. The number of thiazole rings is 1. The first-order valence-electron chi connectivity index (χ1n) is 7.11. The molecule has 0 atom stereocenters. The number of esters is 1. The molecule has 1 amide bonds. The largest absolute Gasteiger partial charge is 0.469 e. The fraction of sp³-hybridized carbons (Fsp3) is 0.400. The highest BCUT2D eigenvalue weighted by molar-refractivity contribution is 7.22. The molecule has 2 aromatic rings. The van der Waals surface area contributed by atoms with E-state index in [2.05, 4.69) is 15.0 Å². The zero-order chi connectivity index (χ0) is 15.9. The smallest absolute Gasteiger partial charge is 0.305 e. The van der Waals surface area contributed by atoms with Crippen molar-refractivity contribution in [2.75, 3.05) is 19.4 Å². The van der Waals surface area contributed by atoms with Crippen LogP contribution in [-0.4, -0.2) is 30.5 Å². The molecule has 0 spiro atoms. The molecule has 6 nitrogen and oxygen atoms in total. The fourth-order valence-electron chi connectivity index (χ4n) is 2.06. The molecule has 118 valence electrons. The third kappa shape index (κ3) is 4.42. The maximum atomic E-state index is 12.1. The number of nitrogens with two attached hydrogens (primary N) is 1. The summed E-state index contributed by atoms with van der Waals surface area (Å²) in [5, 5.41) is 3.37. The van der Waals surface area contributed by atoms with Crippen molar-refractivity contribution >= 4 is 38.6 Å². The van der Waals surface area contributed by atoms with Crippen molar-refractivity contribution < 1.29 is 14.3 Å². The molecule has 0 saturated carbocycles. The quantitative estimate of drug-likeness (QED) is 0.603. The van der Waals surface area contributed by atoms with Gasteiger partial charge in [0.15, 0.2) is 5.13 Å². The molecule has 0 radical (unpaired) electrons. The number of hydrogen-bond acceptors (Lipinski definition) is 6. The number of rotatable bonds is 7. The zero-order valence-electron chi connectivity index (χ0n) is 12.4. The summed E-state index contributed by atoms with van der Waals surface area (Å²) in [7, 11) is 1.39. The summed E-state index contributed by atoms with van der Waals surface area (Å²) in [4.78, 5) is 27.1. The van der Waals surface area contributed by atoms with E-state index in [9.17, 15) is 9.59 Å².